The topological polar surface area (TPSA) is 24.1 Å². The summed E-state index contributed by atoms with van der Waals surface area (Å²) in [6.45, 7) is 9.94. The molecule has 0 saturated carbocycles. The van der Waals surface area contributed by atoms with Crippen molar-refractivity contribution in [1.29, 1.82) is 0 Å². The van der Waals surface area contributed by atoms with E-state index >= 15 is 0 Å². The molecule has 90 valence electrons. The van der Waals surface area contributed by atoms with Gasteiger partial charge in [-0.3, -0.25) is 0 Å². The first-order valence-electron chi connectivity index (χ1n) is 5.46. The molecule has 0 aliphatic rings. The van der Waals surface area contributed by atoms with Crippen LogP contribution in [-0.2, 0) is 7.05 Å². The minimum Gasteiger partial charge on any atom is -0.400 e. The van der Waals surface area contributed by atoms with Crippen molar-refractivity contribution in [3.63, 3.8) is 0 Å². The fraction of sp³-hybridized carbons (Fsp3) is 0.357. The van der Waals surface area contributed by atoms with Crippen LogP contribution < -0.4 is 15.0 Å². The summed E-state index contributed by atoms with van der Waals surface area (Å²) in [6.07, 6.45) is 10.1. The van der Waals surface area contributed by atoms with Crippen LogP contribution in [0.3, 0.4) is 0 Å². The lowest BCUT2D eigenvalue weighted by atomic mass is 10.3. The van der Waals surface area contributed by atoms with Crippen molar-refractivity contribution in [2.24, 2.45) is 7.05 Å². The number of rotatable bonds is 1. The van der Waals surface area contributed by atoms with Crippen molar-refractivity contribution in [3.8, 4) is 0 Å². The van der Waals surface area contributed by atoms with E-state index in [1.54, 1.807) is 0 Å². The first-order chi connectivity index (χ1) is 7.74. The van der Waals surface area contributed by atoms with E-state index in [-0.39, 0.29) is 0 Å². The van der Waals surface area contributed by atoms with Crippen LogP contribution in [0.25, 0.3) is 12.7 Å². The maximum absolute atomic E-state index is 7.00. The van der Waals surface area contributed by atoms with E-state index in [2.05, 4.69) is 18.9 Å². The van der Waals surface area contributed by atoms with Gasteiger partial charge in [0, 0.05) is 18.4 Å². The van der Waals surface area contributed by atoms with Gasteiger partial charge in [0.05, 0.1) is 0 Å². The molecule has 2 nitrogen and oxygen atoms in total. The summed E-state index contributed by atoms with van der Waals surface area (Å²) >= 11 is 0. The Morgan fingerprint density at radius 1 is 1.31 bits per heavy atom. The number of aliphatic hydroxyl groups excluding tert-OH is 1. The predicted molar refractivity (Wildman–Crippen MR) is 71.2 cm³/mol. The Labute approximate surface area is 98.9 Å². The predicted octanol–water partition coefficient (Wildman–Crippen LogP) is 0.913. The number of aromatic nitrogens is 1. The van der Waals surface area contributed by atoms with Gasteiger partial charge in [-0.15, -0.1) is 0 Å². The van der Waals surface area contributed by atoms with Gasteiger partial charge in [-0.25, -0.2) is 4.57 Å². The summed E-state index contributed by atoms with van der Waals surface area (Å²) < 4.78 is 2.02. The van der Waals surface area contributed by atoms with E-state index in [4.69, 9.17) is 5.11 Å². The molecule has 0 saturated heterocycles. The van der Waals surface area contributed by atoms with E-state index in [0.717, 1.165) is 17.5 Å². The Morgan fingerprint density at radius 2 is 1.88 bits per heavy atom. The molecule has 1 N–H and O–H groups in total. The summed E-state index contributed by atoms with van der Waals surface area (Å²) in [5, 5.41) is 9.23. The maximum atomic E-state index is 7.00. The Kier molecular flexibility index (Phi) is 12.4. The molecule has 2 heteroatoms. The van der Waals surface area contributed by atoms with E-state index < -0.39 is 0 Å². The Balaban J connectivity index is 0. The van der Waals surface area contributed by atoms with Crippen molar-refractivity contribution in [1.82, 2.24) is 0 Å². The molecule has 0 aliphatic carbocycles. The summed E-state index contributed by atoms with van der Waals surface area (Å²) in [5.74, 6) is 0. The molecular weight excluding hydrogens is 198 g/mol. The molecule has 1 rings (SSSR count). The fourth-order valence-electron chi connectivity index (χ4n) is 0.999. The van der Waals surface area contributed by atoms with Gasteiger partial charge in [0.15, 0.2) is 12.4 Å². The standard InChI is InChI=1S/C11H14N.C2H6.CH4O/c1-4-5-6-11-9-12(3)8-7-10(11)2;2*1-2/h4-9H,2H2,1,3H3;1-2H3;2H,1H3/q+1;;/b5-4-,11-6-;;. The Morgan fingerprint density at radius 3 is 2.38 bits per heavy atom. The smallest absolute Gasteiger partial charge is 0.176 e. The number of pyridine rings is 1. The molecule has 0 bridgehead atoms. The molecule has 1 aromatic heterocycles. The molecule has 0 unspecified atom stereocenters. The second-order valence-electron chi connectivity index (χ2n) is 2.78. The zero-order valence-electron chi connectivity index (χ0n) is 11.1. The van der Waals surface area contributed by atoms with E-state index in [9.17, 15) is 0 Å². The third-order valence-electron chi connectivity index (χ3n) is 1.69. The number of nitrogens with zero attached hydrogens (tertiary/aromatic N) is 1. The molecule has 0 atom stereocenters. The molecule has 0 radical (unpaired) electrons. The summed E-state index contributed by atoms with van der Waals surface area (Å²) in [7, 11) is 3.01. The second kappa shape index (κ2) is 11.7. The molecule has 0 spiro atoms. The van der Waals surface area contributed by atoms with Crippen molar-refractivity contribution >= 4 is 12.7 Å². The van der Waals surface area contributed by atoms with Crippen molar-refractivity contribution < 1.29 is 9.67 Å². The van der Waals surface area contributed by atoms with Crippen LogP contribution in [0.15, 0.2) is 30.6 Å². The summed E-state index contributed by atoms with van der Waals surface area (Å²) in [4.78, 5) is 0. The highest BCUT2D eigenvalue weighted by Gasteiger charge is 1.88. The molecular formula is C14H24NO+. The molecule has 0 aromatic carbocycles. The molecule has 1 heterocycles. The third-order valence-corrected chi connectivity index (χ3v) is 1.69. The first kappa shape index (κ1) is 17.0. The number of aryl methyl sites for hydroxylation is 1. The highest BCUT2D eigenvalue weighted by molar-refractivity contribution is 5.35. The van der Waals surface area contributed by atoms with Gasteiger partial charge in [0.25, 0.3) is 0 Å². The van der Waals surface area contributed by atoms with Gasteiger partial charge in [-0.05, 0) is 18.2 Å². The van der Waals surface area contributed by atoms with Crippen molar-refractivity contribution in [2.45, 2.75) is 20.8 Å². The highest BCUT2D eigenvalue weighted by Crippen LogP contribution is 1.69. The first-order valence-corrected chi connectivity index (χ1v) is 5.46. The quantitative estimate of drug-likeness (QED) is 0.702. The largest absolute Gasteiger partial charge is 0.400 e. The Bertz CT molecular complexity index is 394. The average Bonchev–Trinajstić information content (AvgIpc) is 2.35. The molecule has 0 amide bonds. The molecule has 1 aromatic rings. The summed E-state index contributed by atoms with van der Waals surface area (Å²) in [5.41, 5.74) is 0. The second-order valence-corrected chi connectivity index (χ2v) is 2.78. The van der Waals surface area contributed by atoms with Crippen LogP contribution in [0.2, 0.25) is 0 Å². The van der Waals surface area contributed by atoms with Crippen LogP contribution in [-0.4, -0.2) is 12.2 Å². The lowest BCUT2D eigenvalue weighted by Gasteiger charge is -1.86. The van der Waals surface area contributed by atoms with Gasteiger partial charge < -0.3 is 5.11 Å². The van der Waals surface area contributed by atoms with Gasteiger partial charge in [0.1, 0.15) is 7.05 Å². The van der Waals surface area contributed by atoms with Crippen molar-refractivity contribution in [3.05, 3.63) is 41.0 Å². The minimum atomic E-state index is 1.00. The third kappa shape index (κ3) is 6.96. The number of hydrogen-bond donors (Lipinski definition) is 1. The van der Waals surface area contributed by atoms with E-state index in [0.29, 0.717) is 0 Å². The van der Waals surface area contributed by atoms with Crippen LogP contribution in [0.1, 0.15) is 20.8 Å². The fourth-order valence-corrected chi connectivity index (χ4v) is 0.999. The number of aliphatic hydroxyl groups is 1. The monoisotopic (exact) mass is 222 g/mol. The van der Waals surface area contributed by atoms with Crippen LogP contribution in [0.5, 0.6) is 0 Å². The minimum absolute atomic E-state index is 1.00. The average molecular weight is 222 g/mol. The maximum Gasteiger partial charge on any atom is 0.176 e. The lowest BCUT2D eigenvalue weighted by Crippen LogP contribution is -2.38. The van der Waals surface area contributed by atoms with Crippen LogP contribution >= 0.6 is 0 Å². The Hall–Kier alpha value is -1.41. The van der Waals surface area contributed by atoms with Gasteiger partial charge >= 0.3 is 0 Å². The lowest BCUT2D eigenvalue weighted by molar-refractivity contribution is -0.672. The van der Waals surface area contributed by atoms with Gasteiger partial charge in [-0.2, -0.15) is 0 Å². The molecule has 0 fully saturated rings. The van der Waals surface area contributed by atoms with E-state index in [1.807, 2.05) is 56.8 Å². The molecule has 16 heavy (non-hydrogen) atoms. The number of hydrogen-bond acceptors (Lipinski definition) is 1. The normalized spacial score (nSPS) is 10.2. The number of allylic oxidation sites excluding steroid dienone is 2. The highest BCUT2D eigenvalue weighted by atomic mass is 16.2. The zero-order valence-corrected chi connectivity index (χ0v) is 11.1. The zero-order chi connectivity index (χ0) is 13.0. The van der Waals surface area contributed by atoms with Gasteiger partial charge in [-0.1, -0.05) is 32.6 Å². The molecule has 0 aliphatic heterocycles. The van der Waals surface area contributed by atoms with E-state index in [1.165, 1.54) is 0 Å². The van der Waals surface area contributed by atoms with Crippen molar-refractivity contribution in [2.75, 3.05) is 7.11 Å². The summed E-state index contributed by atoms with van der Waals surface area (Å²) in [6, 6.07) is 2.01. The SMILES string of the molecule is C=c1cc[n+](C)c/c1=C/C=C\C.CC.CO. The van der Waals surface area contributed by atoms with Gasteiger partial charge in [0.2, 0.25) is 0 Å². The van der Waals surface area contributed by atoms with Crippen LogP contribution in [0, 0.1) is 0 Å². The van der Waals surface area contributed by atoms with Crippen LogP contribution in [0.4, 0.5) is 0 Å².